The number of benzene rings is 1. The molecule has 148 valence electrons. The number of aryl methyl sites for hydroxylation is 1. The lowest BCUT2D eigenvalue weighted by Gasteiger charge is -2.25. The molecule has 0 saturated carbocycles. The number of amides is 2. The molecule has 1 aromatic heterocycles. The smallest absolute Gasteiger partial charge is 0.282 e. The van der Waals surface area contributed by atoms with Gasteiger partial charge in [-0.05, 0) is 36.1 Å². The van der Waals surface area contributed by atoms with E-state index in [2.05, 4.69) is 0 Å². The summed E-state index contributed by atoms with van der Waals surface area (Å²) in [5.41, 5.74) is 2.41. The van der Waals surface area contributed by atoms with Gasteiger partial charge >= 0.3 is 0 Å². The molecule has 1 aliphatic rings. The van der Waals surface area contributed by atoms with E-state index < -0.39 is 0 Å². The molecule has 6 nitrogen and oxygen atoms in total. The topological polar surface area (TPSA) is 59.1 Å². The van der Waals surface area contributed by atoms with E-state index in [1.807, 2.05) is 47.5 Å². The molecule has 0 N–H and O–H groups in total. The van der Waals surface area contributed by atoms with Crippen molar-refractivity contribution in [3.8, 4) is 0 Å². The number of ether oxygens (including phenoxy) is 2. The molecule has 1 aliphatic heterocycles. The molecule has 28 heavy (non-hydrogen) atoms. The number of methoxy groups -OCH3 is 2. The monoisotopic (exact) mass is 400 g/mol. The van der Waals surface area contributed by atoms with Crippen LogP contribution < -0.4 is 4.90 Å². The molecule has 2 heterocycles. The van der Waals surface area contributed by atoms with Crippen LogP contribution in [0.1, 0.15) is 10.4 Å². The predicted molar refractivity (Wildman–Crippen MR) is 110 cm³/mol. The molecule has 2 amide bonds. The summed E-state index contributed by atoms with van der Waals surface area (Å²) in [7, 11) is 3.23. The Morgan fingerprint density at radius 1 is 1.00 bits per heavy atom. The fourth-order valence-corrected chi connectivity index (χ4v) is 3.96. The number of rotatable bonds is 9. The van der Waals surface area contributed by atoms with E-state index >= 15 is 0 Å². The summed E-state index contributed by atoms with van der Waals surface area (Å²) in [5.74, 6) is -0.612. The molecular weight excluding hydrogens is 376 g/mol. The van der Waals surface area contributed by atoms with Gasteiger partial charge in [-0.15, -0.1) is 11.3 Å². The maximum atomic E-state index is 13.4. The van der Waals surface area contributed by atoms with Gasteiger partial charge in [0.1, 0.15) is 5.70 Å². The lowest BCUT2D eigenvalue weighted by atomic mass is 10.1. The highest BCUT2D eigenvalue weighted by Gasteiger charge is 2.42. The zero-order valence-corrected chi connectivity index (χ0v) is 17.1. The minimum atomic E-state index is -0.314. The van der Waals surface area contributed by atoms with Crippen LogP contribution >= 0.6 is 11.3 Å². The lowest BCUT2D eigenvalue weighted by molar-refractivity contribution is -0.120. The molecule has 2 aromatic rings. The highest BCUT2D eigenvalue weighted by molar-refractivity contribution is 7.11. The Bertz CT molecular complexity index is 868. The minimum Gasteiger partial charge on any atom is -0.383 e. The molecule has 0 bridgehead atoms. The second-order valence-corrected chi connectivity index (χ2v) is 7.41. The van der Waals surface area contributed by atoms with E-state index in [9.17, 15) is 9.59 Å². The van der Waals surface area contributed by atoms with E-state index in [1.165, 1.54) is 16.2 Å². The molecule has 0 saturated heterocycles. The lowest BCUT2D eigenvalue weighted by Crippen LogP contribution is -2.37. The summed E-state index contributed by atoms with van der Waals surface area (Å²) in [6.07, 6.45) is 0. The van der Waals surface area contributed by atoms with Gasteiger partial charge in [0.05, 0.1) is 24.5 Å². The Labute approximate surface area is 169 Å². The average molecular weight is 401 g/mol. The first-order chi connectivity index (χ1) is 13.6. The number of nitrogens with zero attached hydrogens (tertiary/aromatic N) is 2. The fourth-order valence-electron chi connectivity index (χ4n) is 3.19. The third-order valence-electron chi connectivity index (χ3n) is 4.53. The van der Waals surface area contributed by atoms with Crippen LogP contribution in [0.3, 0.4) is 0 Å². The van der Waals surface area contributed by atoms with Crippen molar-refractivity contribution < 1.29 is 19.1 Å². The third-order valence-corrected chi connectivity index (χ3v) is 5.42. The molecule has 0 fully saturated rings. The van der Waals surface area contributed by atoms with Crippen LogP contribution in [0.25, 0.3) is 5.57 Å². The van der Waals surface area contributed by atoms with Crippen molar-refractivity contribution in [3.63, 3.8) is 0 Å². The molecular formula is C21H24N2O4S. The second kappa shape index (κ2) is 9.14. The van der Waals surface area contributed by atoms with Gasteiger partial charge in [-0.25, -0.2) is 4.90 Å². The van der Waals surface area contributed by atoms with E-state index in [0.717, 1.165) is 10.4 Å². The van der Waals surface area contributed by atoms with E-state index in [-0.39, 0.29) is 11.8 Å². The first-order valence-corrected chi connectivity index (χ1v) is 9.93. The maximum absolute atomic E-state index is 13.4. The van der Waals surface area contributed by atoms with Crippen LogP contribution in [0, 0.1) is 6.92 Å². The largest absolute Gasteiger partial charge is 0.383 e. The number of imide groups is 1. The van der Waals surface area contributed by atoms with Crippen molar-refractivity contribution in [2.24, 2.45) is 0 Å². The molecule has 1 aromatic carbocycles. The van der Waals surface area contributed by atoms with Gasteiger partial charge in [-0.1, -0.05) is 18.2 Å². The van der Waals surface area contributed by atoms with Crippen molar-refractivity contribution >= 4 is 34.4 Å². The van der Waals surface area contributed by atoms with Gasteiger partial charge in [0, 0.05) is 32.2 Å². The normalized spacial score (nSPS) is 14.3. The number of hydrogen-bond acceptors (Lipinski definition) is 6. The van der Waals surface area contributed by atoms with Crippen molar-refractivity contribution in [3.05, 3.63) is 57.9 Å². The number of thiophene rings is 1. The van der Waals surface area contributed by atoms with Gasteiger partial charge in [0.2, 0.25) is 0 Å². The molecule has 0 atom stereocenters. The predicted octanol–water partition coefficient (Wildman–Crippen LogP) is 2.94. The van der Waals surface area contributed by atoms with Crippen molar-refractivity contribution in [1.82, 2.24) is 4.90 Å². The van der Waals surface area contributed by atoms with Crippen LogP contribution in [0.5, 0.6) is 0 Å². The second-order valence-electron chi connectivity index (χ2n) is 6.46. The van der Waals surface area contributed by atoms with Crippen LogP contribution in [-0.4, -0.2) is 57.2 Å². The zero-order chi connectivity index (χ0) is 20.1. The standard InChI is InChI=1S/C21H24N2O4S/c1-15-6-4-7-16(14-15)23-20(24)18(17-8-5-13-28-17)19(21(23)25)22(9-11-26-2)10-12-27-3/h4-8,13-14H,9-12H2,1-3H3. The summed E-state index contributed by atoms with van der Waals surface area (Å²) >= 11 is 1.45. The van der Waals surface area contributed by atoms with Crippen LogP contribution in [0.2, 0.25) is 0 Å². The Kier molecular flexibility index (Phi) is 6.61. The number of carbonyl (C=O) groups is 2. The molecule has 0 radical (unpaired) electrons. The minimum absolute atomic E-state index is 0.298. The SMILES string of the molecule is COCCN(CCOC)C1=C(c2cccs2)C(=O)N(c2cccc(C)c2)C1=O. The van der Waals surface area contributed by atoms with Crippen LogP contribution in [-0.2, 0) is 19.1 Å². The Morgan fingerprint density at radius 3 is 2.29 bits per heavy atom. The molecule has 0 unspecified atom stereocenters. The first kappa shape index (κ1) is 20.3. The number of hydrogen-bond donors (Lipinski definition) is 0. The highest BCUT2D eigenvalue weighted by atomic mass is 32.1. The Morgan fingerprint density at radius 2 is 1.71 bits per heavy atom. The Balaban J connectivity index is 2.07. The van der Waals surface area contributed by atoms with Gasteiger partial charge in [-0.3, -0.25) is 9.59 Å². The number of carbonyl (C=O) groups excluding carboxylic acids is 2. The maximum Gasteiger partial charge on any atom is 0.282 e. The van der Waals surface area contributed by atoms with Crippen molar-refractivity contribution in [2.45, 2.75) is 6.92 Å². The Hall–Kier alpha value is -2.48. The van der Waals surface area contributed by atoms with Crippen LogP contribution in [0.4, 0.5) is 5.69 Å². The van der Waals surface area contributed by atoms with E-state index in [4.69, 9.17) is 9.47 Å². The van der Waals surface area contributed by atoms with Crippen molar-refractivity contribution in [2.75, 3.05) is 45.4 Å². The number of anilines is 1. The fraction of sp³-hybridized carbons (Fsp3) is 0.333. The summed E-state index contributed by atoms with van der Waals surface area (Å²) in [5, 5.41) is 1.90. The average Bonchev–Trinajstić information content (AvgIpc) is 3.28. The molecule has 7 heteroatoms. The summed E-state index contributed by atoms with van der Waals surface area (Å²) in [6.45, 7) is 3.80. The molecule has 0 aliphatic carbocycles. The van der Waals surface area contributed by atoms with Gasteiger partial charge < -0.3 is 14.4 Å². The highest BCUT2D eigenvalue weighted by Crippen LogP contribution is 2.36. The van der Waals surface area contributed by atoms with Gasteiger partial charge in [-0.2, -0.15) is 0 Å². The van der Waals surface area contributed by atoms with Crippen LogP contribution in [0.15, 0.2) is 47.5 Å². The summed E-state index contributed by atoms with van der Waals surface area (Å²) < 4.78 is 10.4. The summed E-state index contributed by atoms with van der Waals surface area (Å²) in [6, 6.07) is 11.2. The van der Waals surface area contributed by atoms with Crippen molar-refractivity contribution in [1.29, 1.82) is 0 Å². The quantitative estimate of drug-likeness (QED) is 0.606. The zero-order valence-electron chi connectivity index (χ0n) is 16.3. The molecule has 0 spiro atoms. The van der Waals surface area contributed by atoms with Gasteiger partial charge in [0.25, 0.3) is 11.8 Å². The van der Waals surface area contributed by atoms with Gasteiger partial charge in [0.15, 0.2) is 0 Å². The summed E-state index contributed by atoms with van der Waals surface area (Å²) in [4.78, 5) is 30.7. The van der Waals surface area contributed by atoms with E-state index in [0.29, 0.717) is 43.3 Å². The first-order valence-electron chi connectivity index (χ1n) is 9.05. The molecule has 3 rings (SSSR count). The van der Waals surface area contributed by atoms with E-state index in [1.54, 1.807) is 20.3 Å². The third kappa shape index (κ3) is 4.01.